The van der Waals surface area contributed by atoms with Crippen molar-refractivity contribution in [3.8, 4) is 5.75 Å². The van der Waals surface area contributed by atoms with Gasteiger partial charge in [-0.1, -0.05) is 11.6 Å². The number of carbonyl (C=O) groups excluding carboxylic acids is 1. The Hall–Kier alpha value is -0.930. The molecule has 0 bridgehead atoms. The third-order valence-electron chi connectivity index (χ3n) is 3.48. The molecule has 0 N–H and O–H groups in total. The first-order chi connectivity index (χ1) is 9.15. The summed E-state index contributed by atoms with van der Waals surface area (Å²) in [5.41, 5.74) is 0.568. The average Bonchev–Trinajstić information content (AvgIpc) is 2.87. The summed E-state index contributed by atoms with van der Waals surface area (Å²) in [5.74, 6) is 1.69. The van der Waals surface area contributed by atoms with Gasteiger partial charge in [0.25, 0.3) is 5.91 Å². The quantitative estimate of drug-likeness (QED) is 0.797. The van der Waals surface area contributed by atoms with E-state index in [-0.39, 0.29) is 5.91 Å². The maximum Gasteiger partial charge on any atom is 0.257 e. The third kappa shape index (κ3) is 3.34. The van der Waals surface area contributed by atoms with E-state index < -0.39 is 0 Å². The van der Waals surface area contributed by atoms with Crippen LogP contribution < -0.4 is 4.74 Å². The van der Waals surface area contributed by atoms with E-state index in [1.807, 2.05) is 4.90 Å². The van der Waals surface area contributed by atoms with Crippen LogP contribution in [0.25, 0.3) is 0 Å². The summed E-state index contributed by atoms with van der Waals surface area (Å²) in [4.78, 5) is 14.3. The lowest BCUT2D eigenvalue weighted by Crippen LogP contribution is -2.29. The van der Waals surface area contributed by atoms with E-state index >= 15 is 0 Å². The Bertz CT molecular complexity index is 465. The molecule has 0 radical (unpaired) electrons. The van der Waals surface area contributed by atoms with Gasteiger partial charge in [0, 0.05) is 24.0 Å². The van der Waals surface area contributed by atoms with Crippen LogP contribution in [0, 0.1) is 5.92 Å². The minimum atomic E-state index is 0.00518. The van der Waals surface area contributed by atoms with Crippen molar-refractivity contribution in [2.75, 3.05) is 26.1 Å². The van der Waals surface area contributed by atoms with E-state index in [2.05, 4.69) is 0 Å². The molecule has 1 aromatic carbocycles. The summed E-state index contributed by atoms with van der Waals surface area (Å²) < 4.78 is 5.23. The Morgan fingerprint density at radius 3 is 3.00 bits per heavy atom. The normalized spacial score (nSPS) is 18.7. The van der Waals surface area contributed by atoms with Crippen molar-refractivity contribution in [3.05, 3.63) is 28.8 Å². The number of hydrogen-bond acceptors (Lipinski definition) is 2. The molecule has 1 unspecified atom stereocenters. The van der Waals surface area contributed by atoms with Crippen LogP contribution in [0.1, 0.15) is 23.2 Å². The second-order valence-corrected chi connectivity index (χ2v) is 5.54. The Morgan fingerprint density at radius 2 is 2.32 bits per heavy atom. The molecule has 1 amide bonds. The van der Waals surface area contributed by atoms with Crippen molar-refractivity contribution in [1.29, 1.82) is 0 Å². The molecule has 3 nitrogen and oxygen atoms in total. The van der Waals surface area contributed by atoms with Crippen molar-refractivity contribution in [2.24, 2.45) is 5.92 Å². The molecule has 104 valence electrons. The molecule has 19 heavy (non-hydrogen) atoms. The highest BCUT2D eigenvalue weighted by Gasteiger charge is 2.28. The molecular formula is C14H17Cl2NO2. The highest BCUT2D eigenvalue weighted by atomic mass is 35.5. The summed E-state index contributed by atoms with van der Waals surface area (Å²) in [7, 11) is 1.54. The highest BCUT2D eigenvalue weighted by molar-refractivity contribution is 6.30. The summed E-state index contributed by atoms with van der Waals surface area (Å²) in [5, 5.41) is 0.565. The molecule has 0 aromatic heterocycles. The molecule has 1 saturated heterocycles. The number of ether oxygens (including phenoxy) is 1. The zero-order chi connectivity index (χ0) is 13.8. The van der Waals surface area contributed by atoms with Gasteiger partial charge in [-0.05, 0) is 37.0 Å². The molecule has 5 heteroatoms. The Labute approximate surface area is 123 Å². The maximum atomic E-state index is 12.5. The van der Waals surface area contributed by atoms with Gasteiger partial charge in [0.15, 0.2) is 0 Å². The number of halogens is 2. The van der Waals surface area contributed by atoms with Crippen LogP contribution in [0.4, 0.5) is 0 Å². The monoisotopic (exact) mass is 301 g/mol. The zero-order valence-electron chi connectivity index (χ0n) is 10.9. The van der Waals surface area contributed by atoms with Crippen LogP contribution >= 0.6 is 23.2 Å². The fourth-order valence-electron chi connectivity index (χ4n) is 2.42. The minimum Gasteiger partial charge on any atom is -0.496 e. The maximum absolute atomic E-state index is 12.5. The predicted molar refractivity (Wildman–Crippen MR) is 77.4 cm³/mol. The molecule has 0 aliphatic carbocycles. The molecule has 0 spiro atoms. The standard InChI is InChI=1S/C14H17Cl2NO2/c1-19-13-8-11(16)2-3-12(13)14(18)17-7-5-10(9-17)4-6-15/h2-3,8,10H,4-7,9H2,1H3. The molecule has 1 aliphatic heterocycles. The smallest absolute Gasteiger partial charge is 0.257 e. The van der Waals surface area contributed by atoms with Crippen molar-refractivity contribution in [2.45, 2.75) is 12.8 Å². The number of methoxy groups -OCH3 is 1. The van der Waals surface area contributed by atoms with E-state index in [0.717, 1.165) is 25.9 Å². The fraction of sp³-hybridized carbons (Fsp3) is 0.500. The van der Waals surface area contributed by atoms with Crippen molar-refractivity contribution < 1.29 is 9.53 Å². The van der Waals surface area contributed by atoms with Gasteiger partial charge < -0.3 is 9.64 Å². The van der Waals surface area contributed by atoms with Gasteiger partial charge in [0.1, 0.15) is 5.75 Å². The number of amides is 1. The SMILES string of the molecule is COc1cc(Cl)ccc1C(=O)N1CCC(CCCl)C1. The van der Waals surface area contributed by atoms with Crippen molar-refractivity contribution >= 4 is 29.1 Å². The van der Waals surface area contributed by atoms with Crippen LogP contribution in [0.2, 0.25) is 5.02 Å². The Morgan fingerprint density at radius 1 is 1.53 bits per heavy atom. The number of alkyl halides is 1. The van der Waals surface area contributed by atoms with Gasteiger partial charge in [-0.25, -0.2) is 0 Å². The molecule has 1 aliphatic rings. The van der Waals surface area contributed by atoms with E-state index in [1.165, 1.54) is 0 Å². The van der Waals surface area contributed by atoms with E-state index in [9.17, 15) is 4.79 Å². The second kappa shape index (κ2) is 6.49. The third-order valence-corrected chi connectivity index (χ3v) is 3.94. The summed E-state index contributed by atoms with van der Waals surface area (Å²) in [6.45, 7) is 1.56. The largest absolute Gasteiger partial charge is 0.496 e. The number of hydrogen-bond donors (Lipinski definition) is 0. The lowest BCUT2D eigenvalue weighted by molar-refractivity contribution is 0.0783. The summed E-state index contributed by atoms with van der Waals surface area (Å²) in [6.07, 6.45) is 1.98. The van der Waals surface area contributed by atoms with Crippen molar-refractivity contribution in [1.82, 2.24) is 4.90 Å². The number of likely N-dealkylation sites (tertiary alicyclic amines) is 1. The molecular weight excluding hydrogens is 285 g/mol. The average molecular weight is 302 g/mol. The van der Waals surface area contributed by atoms with Gasteiger partial charge in [-0.2, -0.15) is 0 Å². The zero-order valence-corrected chi connectivity index (χ0v) is 12.4. The lowest BCUT2D eigenvalue weighted by atomic mass is 10.1. The van der Waals surface area contributed by atoms with E-state index in [1.54, 1.807) is 25.3 Å². The molecule has 1 fully saturated rings. The van der Waals surface area contributed by atoms with Crippen LogP contribution in [0.15, 0.2) is 18.2 Å². The first-order valence-corrected chi connectivity index (χ1v) is 7.25. The van der Waals surface area contributed by atoms with E-state index in [0.29, 0.717) is 28.1 Å². The molecule has 1 atom stereocenters. The number of benzene rings is 1. The predicted octanol–water partition coefficient (Wildman–Crippen LogP) is 3.44. The summed E-state index contributed by atoms with van der Waals surface area (Å²) >= 11 is 11.7. The molecule has 2 rings (SSSR count). The van der Waals surface area contributed by atoms with Crippen LogP contribution in [0.5, 0.6) is 5.75 Å². The molecule has 0 saturated carbocycles. The van der Waals surface area contributed by atoms with Crippen LogP contribution in [-0.2, 0) is 0 Å². The fourth-order valence-corrected chi connectivity index (χ4v) is 2.89. The molecule has 1 heterocycles. The van der Waals surface area contributed by atoms with E-state index in [4.69, 9.17) is 27.9 Å². The second-order valence-electron chi connectivity index (χ2n) is 4.73. The van der Waals surface area contributed by atoms with Gasteiger partial charge in [0.2, 0.25) is 0 Å². The lowest BCUT2D eigenvalue weighted by Gasteiger charge is -2.18. The minimum absolute atomic E-state index is 0.00518. The van der Waals surface area contributed by atoms with Gasteiger partial charge in [-0.3, -0.25) is 4.79 Å². The number of rotatable bonds is 4. The van der Waals surface area contributed by atoms with Crippen LogP contribution in [-0.4, -0.2) is 36.9 Å². The topological polar surface area (TPSA) is 29.5 Å². The van der Waals surface area contributed by atoms with Gasteiger partial charge >= 0.3 is 0 Å². The molecule has 1 aromatic rings. The number of carbonyl (C=O) groups is 1. The first-order valence-electron chi connectivity index (χ1n) is 6.34. The van der Waals surface area contributed by atoms with Crippen molar-refractivity contribution in [3.63, 3.8) is 0 Å². The van der Waals surface area contributed by atoms with Gasteiger partial charge in [0.05, 0.1) is 12.7 Å². The Balaban J connectivity index is 2.12. The highest BCUT2D eigenvalue weighted by Crippen LogP contribution is 2.27. The van der Waals surface area contributed by atoms with Crippen LogP contribution in [0.3, 0.4) is 0 Å². The number of nitrogens with zero attached hydrogens (tertiary/aromatic N) is 1. The first kappa shape index (κ1) is 14.5. The van der Waals surface area contributed by atoms with Gasteiger partial charge in [-0.15, -0.1) is 11.6 Å². The Kier molecular flexibility index (Phi) is 4.94. The summed E-state index contributed by atoms with van der Waals surface area (Å²) in [6, 6.07) is 5.10.